The van der Waals surface area contributed by atoms with E-state index in [4.69, 9.17) is 14.2 Å². The second-order valence-corrected chi connectivity index (χ2v) is 5.67. The quantitative estimate of drug-likeness (QED) is 0.801. The number of methoxy groups -OCH3 is 1. The highest BCUT2D eigenvalue weighted by Crippen LogP contribution is 2.28. The number of amides is 1. The van der Waals surface area contributed by atoms with E-state index in [2.05, 4.69) is 6.08 Å². The smallest absolute Gasteiger partial charge is 0.411 e. The number of morpholine rings is 1. The predicted octanol–water partition coefficient (Wildman–Crippen LogP) is 2.37. The number of nitrogens with zero attached hydrogens (tertiary/aromatic N) is 1. The molecule has 2 heterocycles. The molecule has 22 heavy (non-hydrogen) atoms. The van der Waals surface area contributed by atoms with Gasteiger partial charge in [0.25, 0.3) is 0 Å². The molecule has 1 saturated heterocycles. The fourth-order valence-corrected chi connectivity index (χ4v) is 3.06. The predicted molar refractivity (Wildman–Crippen MR) is 81.4 cm³/mol. The summed E-state index contributed by atoms with van der Waals surface area (Å²) < 4.78 is 16.2. The third-order valence-corrected chi connectivity index (χ3v) is 4.02. The molecule has 5 heteroatoms. The normalized spacial score (nSPS) is 23.9. The molecule has 3 rings (SSSR count). The fourth-order valence-electron chi connectivity index (χ4n) is 3.06. The lowest BCUT2D eigenvalue weighted by molar-refractivity contribution is -0.0385. The highest BCUT2D eigenvalue weighted by molar-refractivity contribution is 5.69. The lowest BCUT2D eigenvalue weighted by Crippen LogP contribution is -2.56. The van der Waals surface area contributed by atoms with Gasteiger partial charge in [0.2, 0.25) is 0 Å². The van der Waals surface area contributed by atoms with Crippen molar-refractivity contribution in [2.45, 2.75) is 25.1 Å². The molecule has 0 aliphatic carbocycles. The molecule has 1 amide bonds. The molecule has 0 aromatic heterocycles. The van der Waals surface area contributed by atoms with E-state index in [0.717, 1.165) is 12.0 Å². The van der Waals surface area contributed by atoms with Crippen molar-refractivity contribution in [3.63, 3.8) is 0 Å². The first-order valence-corrected chi connectivity index (χ1v) is 7.53. The summed E-state index contributed by atoms with van der Waals surface area (Å²) in [5, 5.41) is 0. The highest BCUT2D eigenvalue weighted by Gasteiger charge is 2.38. The second kappa shape index (κ2) is 6.94. The molecule has 2 aliphatic heterocycles. The summed E-state index contributed by atoms with van der Waals surface area (Å²) in [6, 6.07) is 9.70. The maximum absolute atomic E-state index is 12.4. The molecule has 0 saturated carbocycles. The maximum Gasteiger partial charge on any atom is 0.411 e. The van der Waals surface area contributed by atoms with Gasteiger partial charge in [-0.3, -0.25) is 4.90 Å². The summed E-state index contributed by atoms with van der Waals surface area (Å²) in [4.78, 5) is 14.2. The lowest BCUT2D eigenvalue weighted by atomic mass is 9.95. The second-order valence-electron chi connectivity index (χ2n) is 5.67. The van der Waals surface area contributed by atoms with Gasteiger partial charge in [-0.05, 0) is 17.6 Å². The van der Waals surface area contributed by atoms with Crippen molar-refractivity contribution in [3.8, 4) is 0 Å². The summed E-state index contributed by atoms with van der Waals surface area (Å²) in [5.74, 6) is 0. The van der Waals surface area contributed by atoms with Crippen molar-refractivity contribution < 1.29 is 19.0 Å². The minimum Gasteiger partial charge on any atom is -0.445 e. The van der Waals surface area contributed by atoms with Crippen LogP contribution >= 0.6 is 0 Å². The fraction of sp³-hybridized carbons (Fsp3) is 0.471. The molecule has 1 aromatic carbocycles. The van der Waals surface area contributed by atoms with Crippen molar-refractivity contribution in [2.75, 3.05) is 26.9 Å². The zero-order valence-electron chi connectivity index (χ0n) is 12.7. The van der Waals surface area contributed by atoms with Gasteiger partial charge >= 0.3 is 6.09 Å². The van der Waals surface area contributed by atoms with Crippen molar-refractivity contribution in [1.29, 1.82) is 0 Å². The summed E-state index contributed by atoms with van der Waals surface area (Å²) in [6.45, 7) is 1.98. The highest BCUT2D eigenvalue weighted by atomic mass is 16.6. The van der Waals surface area contributed by atoms with E-state index >= 15 is 0 Å². The third kappa shape index (κ3) is 3.31. The minimum atomic E-state index is -0.269. The maximum atomic E-state index is 12.4. The van der Waals surface area contributed by atoms with Gasteiger partial charge in [0.1, 0.15) is 6.61 Å². The van der Waals surface area contributed by atoms with Crippen LogP contribution in [0.5, 0.6) is 0 Å². The molecular formula is C17H21NO4. The Bertz CT molecular complexity index is 543. The largest absolute Gasteiger partial charge is 0.445 e. The van der Waals surface area contributed by atoms with Crippen molar-refractivity contribution in [2.24, 2.45) is 0 Å². The zero-order valence-corrected chi connectivity index (χ0v) is 12.7. The first-order chi connectivity index (χ1) is 10.8. The van der Waals surface area contributed by atoms with Crippen molar-refractivity contribution in [1.82, 2.24) is 4.90 Å². The molecule has 2 atom stereocenters. The number of fused-ring (bicyclic) bond motifs is 2. The van der Waals surface area contributed by atoms with Crippen molar-refractivity contribution in [3.05, 3.63) is 47.5 Å². The van der Waals surface area contributed by atoms with Gasteiger partial charge in [-0.15, -0.1) is 0 Å². The number of benzene rings is 1. The van der Waals surface area contributed by atoms with Crippen LogP contribution in [0.15, 0.2) is 42.0 Å². The van der Waals surface area contributed by atoms with E-state index in [1.54, 1.807) is 7.11 Å². The number of carbonyl (C=O) groups is 1. The Balaban J connectivity index is 1.65. The molecule has 1 fully saturated rings. The van der Waals surface area contributed by atoms with Gasteiger partial charge in [0, 0.05) is 7.11 Å². The van der Waals surface area contributed by atoms with Crippen LogP contribution < -0.4 is 0 Å². The SMILES string of the molecule is COCC1=CC2COCC(C1)N2C(=O)OCc1ccccc1. The van der Waals surface area contributed by atoms with Crippen LogP contribution in [0.2, 0.25) is 0 Å². The number of ether oxygens (including phenoxy) is 3. The Morgan fingerprint density at radius 2 is 2.09 bits per heavy atom. The Hall–Kier alpha value is -1.85. The van der Waals surface area contributed by atoms with E-state index in [9.17, 15) is 4.79 Å². The number of hydrogen-bond donors (Lipinski definition) is 0. The van der Waals surface area contributed by atoms with E-state index in [-0.39, 0.29) is 18.2 Å². The molecule has 2 bridgehead atoms. The number of rotatable bonds is 4. The summed E-state index contributed by atoms with van der Waals surface area (Å²) in [5.41, 5.74) is 2.22. The van der Waals surface area contributed by atoms with Gasteiger partial charge < -0.3 is 14.2 Å². The third-order valence-electron chi connectivity index (χ3n) is 4.02. The van der Waals surface area contributed by atoms with E-state index in [0.29, 0.717) is 26.4 Å². The Morgan fingerprint density at radius 3 is 2.82 bits per heavy atom. The first kappa shape index (κ1) is 15.1. The standard InChI is InChI=1S/C17H21NO4/c1-20-9-14-7-15-11-21-12-16(8-14)18(15)17(19)22-10-13-5-3-2-4-6-13/h2-7,15-16H,8-12H2,1H3. The minimum absolute atomic E-state index is 0.0390. The Morgan fingerprint density at radius 1 is 1.27 bits per heavy atom. The van der Waals surface area contributed by atoms with Crippen LogP contribution in [0, 0.1) is 0 Å². The van der Waals surface area contributed by atoms with Gasteiger partial charge in [-0.25, -0.2) is 4.79 Å². The molecule has 1 aromatic rings. The lowest BCUT2D eigenvalue weighted by Gasteiger charge is -2.43. The summed E-state index contributed by atoms with van der Waals surface area (Å²) in [7, 11) is 1.69. The molecule has 118 valence electrons. The van der Waals surface area contributed by atoms with Crippen LogP contribution in [-0.2, 0) is 20.8 Å². The molecule has 2 unspecified atom stereocenters. The van der Waals surface area contributed by atoms with E-state index in [1.165, 1.54) is 5.57 Å². The number of hydrogen-bond acceptors (Lipinski definition) is 4. The molecule has 5 nitrogen and oxygen atoms in total. The monoisotopic (exact) mass is 303 g/mol. The summed E-state index contributed by atoms with van der Waals surface area (Å²) in [6.07, 6.45) is 2.59. The summed E-state index contributed by atoms with van der Waals surface area (Å²) >= 11 is 0. The average Bonchev–Trinajstić information content (AvgIpc) is 2.53. The molecule has 0 N–H and O–H groups in total. The zero-order chi connectivity index (χ0) is 15.4. The van der Waals surface area contributed by atoms with Gasteiger partial charge in [-0.2, -0.15) is 0 Å². The van der Waals surface area contributed by atoms with Crippen LogP contribution in [-0.4, -0.2) is 50.0 Å². The van der Waals surface area contributed by atoms with E-state index < -0.39 is 0 Å². The van der Waals surface area contributed by atoms with Gasteiger partial charge in [0.15, 0.2) is 0 Å². The van der Waals surface area contributed by atoms with Crippen LogP contribution in [0.4, 0.5) is 4.79 Å². The topological polar surface area (TPSA) is 48.0 Å². The Kier molecular flexibility index (Phi) is 4.75. The molecule has 0 spiro atoms. The molecular weight excluding hydrogens is 282 g/mol. The first-order valence-electron chi connectivity index (χ1n) is 7.53. The van der Waals surface area contributed by atoms with Crippen LogP contribution in [0.1, 0.15) is 12.0 Å². The van der Waals surface area contributed by atoms with Crippen molar-refractivity contribution >= 4 is 6.09 Å². The van der Waals surface area contributed by atoms with Gasteiger partial charge in [0.05, 0.1) is 31.9 Å². The average molecular weight is 303 g/mol. The number of carbonyl (C=O) groups excluding carboxylic acids is 1. The van der Waals surface area contributed by atoms with Crippen LogP contribution in [0.25, 0.3) is 0 Å². The Labute approximate surface area is 130 Å². The molecule has 0 radical (unpaired) electrons. The molecule has 2 aliphatic rings. The van der Waals surface area contributed by atoms with Gasteiger partial charge in [-0.1, -0.05) is 36.4 Å². The van der Waals surface area contributed by atoms with Crippen LogP contribution in [0.3, 0.4) is 0 Å². The van der Waals surface area contributed by atoms with E-state index in [1.807, 2.05) is 35.2 Å².